The molecule has 4 fully saturated rings. The second-order valence-electron chi connectivity index (χ2n) is 14.4. The fourth-order valence-electron chi connectivity index (χ4n) is 7.75. The van der Waals surface area contributed by atoms with Gasteiger partial charge >= 0.3 is 12.1 Å². The number of benzene rings is 2. The van der Waals surface area contributed by atoms with Crippen molar-refractivity contribution in [1.82, 2.24) is 14.8 Å². The molecule has 0 atom stereocenters. The van der Waals surface area contributed by atoms with Gasteiger partial charge in [0.2, 0.25) is 0 Å². The number of pyridine rings is 1. The first-order chi connectivity index (χ1) is 23.2. The maximum Gasteiger partial charge on any atom is 0.410 e. The molecule has 2 saturated heterocycles. The molecule has 0 N–H and O–H groups in total. The van der Waals surface area contributed by atoms with E-state index in [0.717, 1.165) is 86.3 Å². The van der Waals surface area contributed by atoms with E-state index in [1.807, 2.05) is 49.1 Å². The van der Waals surface area contributed by atoms with Crippen molar-refractivity contribution in [3.05, 3.63) is 83.3 Å². The molecule has 4 aliphatic rings. The molecule has 2 aliphatic heterocycles. The van der Waals surface area contributed by atoms with E-state index in [4.69, 9.17) is 14.2 Å². The number of hydrogen-bond donors (Lipinski definition) is 0. The molecule has 8 nitrogen and oxygen atoms in total. The first kappa shape index (κ1) is 32.6. The van der Waals surface area contributed by atoms with Gasteiger partial charge in [-0.05, 0) is 93.7 Å². The lowest BCUT2D eigenvalue weighted by molar-refractivity contribution is -0.158. The van der Waals surface area contributed by atoms with Crippen molar-refractivity contribution in [2.75, 3.05) is 26.2 Å². The summed E-state index contributed by atoms with van der Waals surface area (Å²) < 4.78 is 31.6. The van der Waals surface area contributed by atoms with Crippen LogP contribution in [0.25, 0.3) is 11.3 Å². The van der Waals surface area contributed by atoms with E-state index in [0.29, 0.717) is 31.9 Å². The van der Waals surface area contributed by atoms with Gasteiger partial charge in [0.1, 0.15) is 23.8 Å². The van der Waals surface area contributed by atoms with Crippen molar-refractivity contribution >= 4 is 12.1 Å². The average molecular weight is 656 g/mol. The molecular formula is C39H46FN3O5. The van der Waals surface area contributed by atoms with Crippen molar-refractivity contribution in [3.8, 4) is 17.0 Å². The van der Waals surface area contributed by atoms with Gasteiger partial charge in [0.25, 0.3) is 0 Å². The number of likely N-dealkylation sites (tertiary alicyclic amines) is 1. The van der Waals surface area contributed by atoms with Crippen LogP contribution in [0.2, 0.25) is 0 Å². The van der Waals surface area contributed by atoms with Gasteiger partial charge in [-0.2, -0.15) is 0 Å². The number of nitrogens with zero attached hydrogens (tertiary/aromatic N) is 3. The summed E-state index contributed by atoms with van der Waals surface area (Å²) in [4.78, 5) is 35.0. The number of piperidine rings is 1. The Labute approximate surface area is 282 Å². The SMILES string of the molecule is CCOc1cc(-c2ccc(F)cn2)c(C2CC2)cc1CN1CCC2(CC1)CN([C@H]1CC[C@@](C)(C(=O)OCc3ccccc3)CC1)C(=O)O2. The second kappa shape index (κ2) is 13.5. The first-order valence-corrected chi connectivity index (χ1v) is 17.6. The molecule has 3 heterocycles. The molecule has 1 amide bonds. The maximum atomic E-state index is 13.6. The standard InChI is InChI=1S/C39H46FN3O5/c1-3-46-35-22-33(34-12-11-30(40)23-41-34)32(28-9-10-28)21-29(35)24-42-19-17-39(18-20-42)26-43(37(45)48-39)31-13-15-38(2,16-14-31)36(44)47-25-27-7-5-4-6-8-27/h4-8,11-12,21-23,28,31H,3,9-10,13-20,24-26H2,1-2H3/t31-,38+. The third-order valence-corrected chi connectivity index (χ3v) is 10.9. The third kappa shape index (κ3) is 6.93. The Morgan fingerprint density at radius 1 is 1.02 bits per heavy atom. The summed E-state index contributed by atoms with van der Waals surface area (Å²) in [5.74, 6) is 0.837. The van der Waals surface area contributed by atoms with Crippen molar-refractivity contribution in [3.63, 3.8) is 0 Å². The first-order valence-electron chi connectivity index (χ1n) is 17.6. The quantitative estimate of drug-likeness (QED) is 0.208. The zero-order valence-corrected chi connectivity index (χ0v) is 28.1. The molecular weight excluding hydrogens is 609 g/mol. The van der Waals surface area contributed by atoms with E-state index in [1.54, 1.807) is 6.07 Å². The van der Waals surface area contributed by atoms with Crippen LogP contribution in [0.1, 0.15) is 87.8 Å². The van der Waals surface area contributed by atoms with Crippen LogP contribution in [0.5, 0.6) is 5.75 Å². The van der Waals surface area contributed by atoms with E-state index >= 15 is 0 Å². The Bertz CT molecular complexity index is 1610. The lowest BCUT2D eigenvalue weighted by Crippen LogP contribution is -2.48. The van der Waals surface area contributed by atoms with Crippen LogP contribution in [-0.2, 0) is 27.4 Å². The van der Waals surface area contributed by atoms with Gasteiger partial charge in [-0.25, -0.2) is 9.18 Å². The number of carbonyl (C=O) groups excluding carboxylic acids is 2. The topological polar surface area (TPSA) is 81.2 Å². The molecule has 1 aromatic heterocycles. The van der Waals surface area contributed by atoms with E-state index in [9.17, 15) is 14.0 Å². The van der Waals surface area contributed by atoms with Crippen molar-refractivity contribution in [1.29, 1.82) is 0 Å². The number of esters is 1. The van der Waals surface area contributed by atoms with Crippen LogP contribution < -0.4 is 4.74 Å². The number of rotatable bonds is 10. The van der Waals surface area contributed by atoms with E-state index in [2.05, 4.69) is 22.0 Å². The molecule has 2 aromatic carbocycles. The lowest BCUT2D eigenvalue weighted by Gasteiger charge is -2.40. The monoisotopic (exact) mass is 655 g/mol. The van der Waals surface area contributed by atoms with Gasteiger partial charge in [0, 0.05) is 49.6 Å². The molecule has 2 saturated carbocycles. The number of hydrogen-bond acceptors (Lipinski definition) is 7. The van der Waals surface area contributed by atoms with Crippen LogP contribution in [0, 0.1) is 11.2 Å². The molecule has 254 valence electrons. The number of halogens is 1. The summed E-state index contributed by atoms with van der Waals surface area (Å²) in [6.07, 6.45) is 7.82. The van der Waals surface area contributed by atoms with Gasteiger partial charge in [0.15, 0.2) is 0 Å². The van der Waals surface area contributed by atoms with Gasteiger partial charge < -0.3 is 19.1 Å². The molecule has 7 rings (SSSR count). The smallest absolute Gasteiger partial charge is 0.410 e. The Balaban J connectivity index is 0.956. The molecule has 3 aromatic rings. The zero-order chi connectivity index (χ0) is 33.3. The Hall–Kier alpha value is -3.98. The maximum absolute atomic E-state index is 13.6. The highest BCUT2D eigenvalue weighted by atomic mass is 19.1. The minimum absolute atomic E-state index is 0.0774. The second-order valence-corrected chi connectivity index (χ2v) is 14.4. The van der Waals surface area contributed by atoms with E-state index < -0.39 is 11.0 Å². The zero-order valence-electron chi connectivity index (χ0n) is 28.1. The largest absolute Gasteiger partial charge is 0.494 e. The van der Waals surface area contributed by atoms with E-state index in [1.165, 1.54) is 17.8 Å². The van der Waals surface area contributed by atoms with Crippen LogP contribution in [-0.4, -0.2) is 64.7 Å². The Kier molecular flexibility index (Phi) is 9.16. The predicted molar refractivity (Wildman–Crippen MR) is 180 cm³/mol. The van der Waals surface area contributed by atoms with Crippen LogP contribution in [0.4, 0.5) is 9.18 Å². The fraction of sp³-hybridized carbons (Fsp3) is 0.513. The molecule has 48 heavy (non-hydrogen) atoms. The van der Waals surface area contributed by atoms with Crippen molar-refractivity contribution in [2.45, 2.75) is 95.9 Å². The highest BCUT2D eigenvalue weighted by molar-refractivity contribution is 5.77. The summed E-state index contributed by atoms with van der Waals surface area (Å²) in [5, 5.41) is 0. The van der Waals surface area contributed by atoms with Crippen LogP contribution in [0.3, 0.4) is 0 Å². The van der Waals surface area contributed by atoms with Crippen molar-refractivity contribution < 1.29 is 28.2 Å². The summed E-state index contributed by atoms with van der Waals surface area (Å²) in [7, 11) is 0. The summed E-state index contributed by atoms with van der Waals surface area (Å²) in [6.45, 7) is 7.82. The molecule has 9 heteroatoms. The third-order valence-electron chi connectivity index (χ3n) is 10.9. The highest BCUT2D eigenvalue weighted by Gasteiger charge is 2.50. The van der Waals surface area contributed by atoms with Crippen LogP contribution in [0.15, 0.2) is 60.8 Å². The predicted octanol–water partition coefficient (Wildman–Crippen LogP) is 7.64. The normalized spacial score (nSPS) is 24.0. The number of amides is 1. The number of ether oxygens (including phenoxy) is 3. The average Bonchev–Trinajstić information content (AvgIpc) is 3.90. The lowest BCUT2D eigenvalue weighted by atomic mass is 9.73. The molecule has 0 radical (unpaired) electrons. The summed E-state index contributed by atoms with van der Waals surface area (Å²) in [6, 6.07) is 17.4. The number of aromatic nitrogens is 1. The molecule has 2 aliphatic carbocycles. The minimum atomic E-state index is -0.536. The van der Waals surface area contributed by atoms with Crippen LogP contribution >= 0.6 is 0 Å². The molecule has 0 bridgehead atoms. The molecule has 0 unspecified atom stereocenters. The Morgan fingerprint density at radius 2 is 1.77 bits per heavy atom. The summed E-state index contributed by atoms with van der Waals surface area (Å²) >= 11 is 0. The minimum Gasteiger partial charge on any atom is -0.494 e. The van der Waals surface area contributed by atoms with Gasteiger partial charge in [-0.15, -0.1) is 0 Å². The number of carbonyl (C=O) groups is 2. The highest BCUT2D eigenvalue weighted by Crippen LogP contribution is 2.47. The van der Waals surface area contributed by atoms with Crippen molar-refractivity contribution in [2.24, 2.45) is 5.41 Å². The summed E-state index contributed by atoms with van der Waals surface area (Å²) in [5.41, 5.74) is 4.17. The van der Waals surface area contributed by atoms with Gasteiger partial charge in [-0.1, -0.05) is 30.3 Å². The fourth-order valence-corrected chi connectivity index (χ4v) is 7.75. The van der Waals surface area contributed by atoms with E-state index in [-0.39, 0.29) is 30.5 Å². The molecule has 1 spiro atoms. The van der Waals surface area contributed by atoms with Gasteiger partial charge in [-0.3, -0.25) is 14.7 Å². The Morgan fingerprint density at radius 3 is 2.44 bits per heavy atom. The van der Waals surface area contributed by atoms with Gasteiger partial charge in [0.05, 0.1) is 30.5 Å².